The number of anilines is 2. The molecule has 0 aliphatic carbocycles. The number of para-hydroxylation sites is 1. The Bertz CT molecular complexity index is 1270. The number of hydrogen-bond acceptors (Lipinski definition) is 6. The Kier molecular flexibility index (Phi) is 6.95. The van der Waals surface area contributed by atoms with Crippen LogP contribution in [-0.4, -0.2) is 48.9 Å². The van der Waals surface area contributed by atoms with Crippen molar-refractivity contribution in [3.63, 3.8) is 0 Å². The number of ether oxygens (including phenoxy) is 2. The largest absolute Gasteiger partial charge is 0.454 e. The quantitative estimate of drug-likeness (QED) is 0.492. The van der Waals surface area contributed by atoms with Crippen molar-refractivity contribution in [2.75, 3.05) is 37.1 Å². The van der Waals surface area contributed by atoms with Crippen LogP contribution in [0, 0.1) is 5.92 Å². The van der Waals surface area contributed by atoms with Gasteiger partial charge in [-0.1, -0.05) is 42.5 Å². The van der Waals surface area contributed by atoms with E-state index in [1.807, 2.05) is 23.1 Å². The van der Waals surface area contributed by atoms with Crippen LogP contribution in [0.25, 0.3) is 0 Å². The lowest BCUT2D eigenvalue weighted by molar-refractivity contribution is -0.121. The van der Waals surface area contributed by atoms with Crippen LogP contribution in [0.1, 0.15) is 28.8 Å². The molecule has 0 aromatic heterocycles. The van der Waals surface area contributed by atoms with Gasteiger partial charge in [-0.2, -0.15) is 0 Å². The summed E-state index contributed by atoms with van der Waals surface area (Å²) in [6, 6.07) is 21.4. The fourth-order valence-electron chi connectivity index (χ4n) is 4.50. The molecule has 0 unspecified atom stereocenters. The molecule has 2 amide bonds. The van der Waals surface area contributed by atoms with Crippen molar-refractivity contribution in [1.29, 1.82) is 0 Å². The Hall–Kier alpha value is -4.17. The van der Waals surface area contributed by atoms with Crippen molar-refractivity contribution in [1.82, 2.24) is 4.90 Å². The zero-order valence-corrected chi connectivity index (χ0v) is 19.7. The Balaban J connectivity index is 1.12. The first kappa shape index (κ1) is 23.6. The second kappa shape index (κ2) is 10.6. The highest BCUT2D eigenvalue weighted by molar-refractivity contribution is 6.13. The molecule has 0 atom stereocenters. The summed E-state index contributed by atoms with van der Waals surface area (Å²) in [5.41, 5.74) is 2.19. The number of hydrogen-bond donors (Lipinski definition) is 2. The van der Waals surface area contributed by atoms with Crippen molar-refractivity contribution in [3.8, 4) is 11.5 Å². The molecule has 2 N–H and O–H groups in total. The molecule has 1 fully saturated rings. The minimum absolute atomic E-state index is 0.0358. The maximum atomic E-state index is 12.9. The average Bonchev–Trinajstić information content (AvgIpc) is 3.37. The first-order valence-electron chi connectivity index (χ1n) is 12.0. The summed E-state index contributed by atoms with van der Waals surface area (Å²) < 4.78 is 10.7. The van der Waals surface area contributed by atoms with E-state index in [2.05, 4.69) is 10.6 Å². The van der Waals surface area contributed by atoms with Gasteiger partial charge in [-0.15, -0.1) is 0 Å². The number of rotatable bonds is 7. The number of benzene rings is 3. The maximum Gasteiger partial charge on any atom is 0.238 e. The molecule has 8 heteroatoms. The minimum Gasteiger partial charge on any atom is -0.454 e. The molecular weight excluding hydrogens is 458 g/mol. The van der Waals surface area contributed by atoms with Gasteiger partial charge >= 0.3 is 0 Å². The molecule has 2 heterocycles. The lowest BCUT2D eigenvalue weighted by Crippen LogP contribution is -2.41. The normalized spacial score (nSPS) is 15.3. The summed E-state index contributed by atoms with van der Waals surface area (Å²) >= 11 is 0. The van der Waals surface area contributed by atoms with E-state index in [0.29, 0.717) is 59.9 Å². The molecule has 3 aromatic carbocycles. The lowest BCUT2D eigenvalue weighted by atomic mass is 9.95. The van der Waals surface area contributed by atoms with Gasteiger partial charge in [0.05, 0.1) is 12.2 Å². The van der Waals surface area contributed by atoms with Crippen molar-refractivity contribution in [3.05, 3.63) is 83.9 Å². The van der Waals surface area contributed by atoms with Gasteiger partial charge in [0.1, 0.15) is 0 Å². The third-order valence-corrected chi connectivity index (χ3v) is 6.45. The molecule has 2 aliphatic rings. The van der Waals surface area contributed by atoms with E-state index >= 15 is 0 Å². The molecule has 1 saturated heterocycles. The van der Waals surface area contributed by atoms with Crippen LogP contribution < -0.4 is 20.1 Å². The van der Waals surface area contributed by atoms with Gasteiger partial charge in [-0.3, -0.25) is 19.3 Å². The molecule has 2 aliphatic heterocycles. The smallest absolute Gasteiger partial charge is 0.238 e. The summed E-state index contributed by atoms with van der Waals surface area (Å²) in [7, 11) is 0. The summed E-state index contributed by atoms with van der Waals surface area (Å²) in [5, 5.41) is 5.85. The zero-order valence-electron chi connectivity index (χ0n) is 19.7. The van der Waals surface area contributed by atoms with Gasteiger partial charge in [0.15, 0.2) is 17.3 Å². The summed E-state index contributed by atoms with van der Waals surface area (Å²) in [4.78, 5) is 40.5. The van der Waals surface area contributed by atoms with Crippen LogP contribution in [0.3, 0.4) is 0 Å². The van der Waals surface area contributed by atoms with Crippen molar-refractivity contribution < 1.29 is 23.9 Å². The van der Waals surface area contributed by atoms with Crippen molar-refractivity contribution in [2.45, 2.75) is 12.8 Å². The monoisotopic (exact) mass is 485 g/mol. The number of fused-ring (bicyclic) bond motifs is 1. The second-order valence-electron chi connectivity index (χ2n) is 8.90. The molecule has 36 heavy (non-hydrogen) atoms. The maximum absolute atomic E-state index is 12.9. The highest BCUT2D eigenvalue weighted by Gasteiger charge is 2.27. The van der Waals surface area contributed by atoms with Crippen molar-refractivity contribution >= 4 is 29.0 Å². The molecule has 0 bridgehead atoms. The van der Waals surface area contributed by atoms with E-state index < -0.39 is 0 Å². The van der Waals surface area contributed by atoms with E-state index in [1.165, 1.54) is 0 Å². The van der Waals surface area contributed by atoms with Gasteiger partial charge in [0.2, 0.25) is 18.6 Å². The molecule has 8 nitrogen and oxygen atoms in total. The Morgan fingerprint density at radius 3 is 2.36 bits per heavy atom. The fourth-order valence-corrected chi connectivity index (χ4v) is 4.50. The number of carbonyl (C=O) groups excluding carboxylic acids is 3. The summed E-state index contributed by atoms with van der Waals surface area (Å²) in [6.45, 7) is 1.66. The van der Waals surface area contributed by atoms with Crippen LogP contribution in [0.5, 0.6) is 11.5 Å². The molecule has 0 radical (unpaired) electrons. The zero-order chi connectivity index (χ0) is 24.9. The molecular formula is C28H27N3O5. The SMILES string of the molecule is O=C(CN1CCC(C(=O)Nc2ccc3c(c2)OCO3)CC1)Nc1ccccc1C(=O)c1ccccc1. The number of nitrogens with one attached hydrogen (secondary N) is 2. The van der Waals surface area contributed by atoms with Crippen LogP contribution in [0.15, 0.2) is 72.8 Å². The van der Waals surface area contributed by atoms with Crippen LogP contribution >= 0.6 is 0 Å². The van der Waals surface area contributed by atoms with Crippen LogP contribution in [0.4, 0.5) is 11.4 Å². The van der Waals surface area contributed by atoms with Crippen LogP contribution in [0.2, 0.25) is 0 Å². The number of piperidine rings is 1. The number of ketones is 1. The molecule has 184 valence electrons. The third-order valence-electron chi connectivity index (χ3n) is 6.45. The van der Waals surface area contributed by atoms with Gasteiger partial charge in [0, 0.05) is 28.8 Å². The van der Waals surface area contributed by atoms with E-state index in [9.17, 15) is 14.4 Å². The lowest BCUT2D eigenvalue weighted by Gasteiger charge is -2.30. The predicted molar refractivity (Wildman–Crippen MR) is 135 cm³/mol. The molecule has 0 spiro atoms. The number of amides is 2. The van der Waals surface area contributed by atoms with Gasteiger partial charge in [-0.05, 0) is 50.2 Å². The standard InChI is InChI=1S/C28H27N3O5/c32-26(30-23-9-5-4-8-22(23)27(33)19-6-2-1-3-7-19)17-31-14-12-20(13-15-31)28(34)29-21-10-11-24-25(16-21)36-18-35-24/h1-11,16,20H,12-15,17-18H2,(H,29,34)(H,30,32). The molecule has 5 rings (SSSR count). The van der Waals surface area contributed by atoms with Crippen LogP contribution in [-0.2, 0) is 9.59 Å². The Morgan fingerprint density at radius 2 is 1.56 bits per heavy atom. The minimum atomic E-state index is -0.188. The number of nitrogens with zero attached hydrogens (tertiary/aromatic N) is 1. The third kappa shape index (κ3) is 5.39. The predicted octanol–water partition coefficient (Wildman–Crippen LogP) is 3.94. The fraction of sp³-hybridized carbons (Fsp3) is 0.250. The van der Waals surface area contributed by atoms with E-state index in [0.717, 1.165) is 0 Å². The van der Waals surface area contributed by atoms with Crippen molar-refractivity contribution in [2.24, 2.45) is 5.92 Å². The van der Waals surface area contributed by atoms with Gasteiger partial charge in [0.25, 0.3) is 0 Å². The van der Waals surface area contributed by atoms with E-state index in [1.54, 1.807) is 54.6 Å². The Morgan fingerprint density at radius 1 is 0.833 bits per heavy atom. The topological polar surface area (TPSA) is 97.0 Å². The highest BCUT2D eigenvalue weighted by Crippen LogP contribution is 2.34. The van der Waals surface area contributed by atoms with E-state index in [-0.39, 0.29) is 36.9 Å². The first-order valence-corrected chi connectivity index (χ1v) is 12.0. The molecule has 0 saturated carbocycles. The van der Waals surface area contributed by atoms with Gasteiger partial charge < -0.3 is 20.1 Å². The number of likely N-dealkylation sites (tertiary alicyclic amines) is 1. The second-order valence-corrected chi connectivity index (χ2v) is 8.90. The van der Waals surface area contributed by atoms with Gasteiger partial charge in [-0.25, -0.2) is 0 Å². The Labute approximate surface area is 209 Å². The number of carbonyl (C=O) groups is 3. The first-order chi connectivity index (χ1) is 17.6. The highest BCUT2D eigenvalue weighted by atomic mass is 16.7. The average molecular weight is 486 g/mol. The van der Waals surface area contributed by atoms with E-state index in [4.69, 9.17) is 9.47 Å². The summed E-state index contributed by atoms with van der Waals surface area (Å²) in [5.74, 6) is 0.810. The summed E-state index contributed by atoms with van der Waals surface area (Å²) in [6.07, 6.45) is 1.32. The molecule has 3 aromatic rings.